The van der Waals surface area contributed by atoms with Gasteiger partial charge in [0.05, 0.1) is 23.1 Å². The molecule has 5 aromatic rings. The average Bonchev–Trinajstić information content (AvgIpc) is 3.36. The summed E-state index contributed by atoms with van der Waals surface area (Å²) in [7, 11) is 0. The van der Waals surface area contributed by atoms with Crippen molar-refractivity contribution in [2.75, 3.05) is 5.32 Å². The van der Waals surface area contributed by atoms with E-state index in [1.807, 2.05) is 65.6 Å². The van der Waals surface area contributed by atoms with Crippen LogP contribution >= 0.6 is 0 Å². The summed E-state index contributed by atoms with van der Waals surface area (Å²) in [6.07, 6.45) is 3.80. The Balaban J connectivity index is 1.37. The third kappa shape index (κ3) is 4.25. The van der Waals surface area contributed by atoms with Crippen molar-refractivity contribution in [1.82, 2.24) is 19.1 Å². The lowest BCUT2D eigenvalue weighted by Crippen LogP contribution is -2.12. The van der Waals surface area contributed by atoms with E-state index in [1.165, 1.54) is 12.1 Å². The summed E-state index contributed by atoms with van der Waals surface area (Å²) in [5.74, 6) is 0.254. The van der Waals surface area contributed by atoms with Gasteiger partial charge in [-0.1, -0.05) is 12.1 Å². The minimum Gasteiger partial charge on any atom is -0.333 e. The molecule has 7 heteroatoms. The van der Waals surface area contributed by atoms with Crippen LogP contribution in [0.5, 0.6) is 0 Å². The van der Waals surface area contributed by atoms with E-state index in [2.05, 4.69) is 15.3 Å². The maximum absolute atomic E-state index is 13.4. The Morgan fingerprint density at radius 1 is 1.00 bits per heavy atom. The molecule has 2 heterocycles. The van der Waals surface area contributed by atoms with Crippen LogP contribution < -0.4 is 5.32 Å². The Morgan fingerprint density at radius 2 is 1.76 bits per heavy atom. The first-order chi connectivity index (χ1) is 16.0. The number of amides is 1. The van der Waals surface area contributed by atoms with Crippen molar-refractivity contribution in [2.45, 2.75) is 20.4 Å². The molecule has 0 aliphatic carbocycles. The molecule has 0 radical (unpaired) electrons. The molecule has 3 aromatic carbocycles. The number of anilines is 1. The SMILES string of the molecule is Cc1cn(Cc2ccc(NC(=O)c3ccc4nc(C)n(-c5ccc(F)cc5)c4c3)cc2)cn1. The van der Waals surface area contributed by atoms with Gasteiger partial charge in [-0.2, -0.15) is 0 Å². The Morgan fingerprint density at radius 3 is 2.45 bits per heavy atom. The summed E-state index contributed by atoms with van der Waals surface area (Å²) in [6.45, 7) is 4.56. The topological polar surface area (TPSA) is 64.7 Å². The van der Waals surface area contributed by atoms with E-state index in [1.54, 1.807) is 24.5 Å². The Labute approximate surface area is 190 Å². The van der Waals surface area contributed by atoms with Crippen LogP contribution in [-0.2, 0) is 6.54 Å². The normalized spacial score (nSPS) is 11.1. The first-order valence-corrected chi connectivity index (χ1v) is 10.6. The van der Waals surface area contributed by atoms with Crippen LogP contribution in [0.3, 0.4) is 0 Å². The molecule has 1 amide bonds. The van der Waals surface area contributed by atoms with Crippen molar-refractivity contribution in [1.29, 1.82) is 0 Å². The van der Waals surface area contributed by atoms with Crippen molar-refractivity contribution < 1.29 is 9.18 Å². The first kappa shape index (κ1) is 20.6. The van der Waals surface area contributed by atoms with Gasteiger partial charge in [0, 0.05) is 29.7 Å². The number of nitrogens with zero attached hydrogens (tertiary/aromatic N) is 4. The number of halogens is 1. The number of fused-ring (bicyclic) bond motifs is 1. The van der Waals surface area contributed by atoms with Gasteiger partial charge >= 0.3 is 0 Å². The highest BCUT2D eigenvalue weighted by molar-refractivity contribution is 6.06. The number of carbonyl (C=O) groups is 1. The molecule has 0 saturated carbocycles. The second kappa shape index (κ2) is 8.35. The number of imidazole rings is 2. The number of nitrogens with one attached hydrogen (secondary N) is 1. The van der Waals surface area contributed by atoms with E-state index in [-0.39, 0.29) is 11.7 Å². The van der Waals surface area contributed by atoms with Gasteiger partial charge in [-0.05, 0) is 74.0 Å². The highest BCUT2D eigenvalue weighted by atomic mass is 19.1. The van der Waals surface area contributed by atoms with Gasteiger partial charge in [0.25, 0.3) is 5.91 Å². The zero-order chi connectivity index (χ0) is 22.9. The maximum atomic E-state index is 13.4. The van der Waals surface area contributed by atoms with Crippen molar-refractivity contribution in [3.8, 4) is 5.69 Å². The Bertz CT molecular complexity index is 1450. The van der Waals surface area contributed by atoms with Gasteiger partial charge in [0.1, 0.15) is 11.6 Å². The molecule has 6 nitrogen and oxygen atoms in total. The summed E-state index contributed by atoms with van der Waals surface area (Å²) >= 11 is 0. The standard InChI is InChI=1S/C26H22FN5O/c1-17-14-31(16-28-17)15-19-3-8-22(9-4-19)30-26(33)20-5-12-24-25(13-20)32(18(2)29-24)23-10-6-21(27)7-11-23/h3-14,16H,15H2,1-2H3,(H,30,33). The molecule has 1 N–H and O–H groups in total. The van der Waals surface area contributed by atoms with Crippen LogP contribution in [0.15, 0.2) is 79.3 Å². The quantitative estimate of drug-likeness (QED) is 0.405. The van der Waals surface area contributed by atoms with E-state index < -0.39 is 0 Å². The molecule has 5 rings (SSSR count). The summed E-state index contributed by atoms with van der Waals surface area (Å²) in [4.78, 5) is 21.7. The number of carbonyl (C=O) groups excluding carboxylic acids is 1. The van der Waals surface area contributed by atoms with E-state index in [0.717, 1.165) is 40.3 Å². The number of benzene rings is 3. The van der Waals surface area contributed by atoms with Crippen LogP contribution in [0.25, 0.3) is 16.7 Å². The van der Waals surface area contributed by atoms with Crippen LogP contribution in [0, 0.1) is 19.7 Å². The summed E-state index contributed by atoms with van der Waals surface area (Å²) < 4.78 is 17.3. The molecule has 164 valence electrons. The maximum Gasteiger partial charge on any atom is 0.255 e. The van der Waals surface area contributed by atoms with Gasteiger partial charge in [-0.3, -0.25) is 9.36 Å². The molecule has 0 aliphatic heterocycles. The number of hydrogen-bond donors (Lipinski definition) is 1. The van der Waals surface area contributed by atoms with Crippen LogP contribution in [0.2, 0.25) is 0 Å². The van der Waals surface area contributed by atoms with Crippen LogP contribution in [-0.4, -0.2) is 25.0 Å². The summed E-state index contributed by atoms with van der Waals surface area (Å²) in [5.41, 5.74) is 5.68. The molecule has 0 atom stereocenters. The third-order valence-electron chi connectivity index (χ3n) is 5.51. The molecule has 0 bridgehead atoms. The molecular formula is C26H22FN5O. The lowest BCUT2D eigenvalue weighted by atomic mass is 10.1. The second-order valence-electron chi connectivity index (χ2n) is 8.01. The molecule has 0 saturated heterocycles. The van der Waals surface area contributed by atoms with Gasteiger partial charge in [0.2, 0.25) is 0 Å². The fourth-order valence-electron chi connectivity index (χ4n) is 3.92. The number of aryl methyl sites for hydroxylation is 2. The predicted molar refractivity (Wildman–Crippen MR) is 126 cm³/mol. The fourth-order valence-corrected chi connectivity index (χ4v) is 3.92. The van der Waals surface area contributed by atoms with E-state index in [4.69, 9.17) is 0 Å². The molecule has 0 spiro atoms. The first-order valence-electron chi connectivity index (χ1n) is 10.6. The third-order valence-corrected chi connectivity index (χ3v) is 5.51. The van der Waals surface area contributed by atoms with Crippen molar-refractivity contribution in [3.05, 3.63) is 108 Å². The zero-order valence-electron chi connectivity index (χ0n) is 18.3. The highest BCUT2D eigenvalue weighted by Gasteiger charge is 2.13. The molecule has 0 fully saturated rings. The predicted octanol–water partition coefficient (Wildman–Crippen LogP) is 5.28. The van der Waals surface area contributed by atoms with Crippen molar-refractivity contribution >= 4 is 22.6 Å². The average molecular weight is 439 g/mol. The van der Waals surface area contributed by atoms with Crippen LogP contribution in [0.1, 0.15) is 27.4 Å². The van der Waals surface area contributed by atoms with Gasteiger partial charge in [-0.15, -0.1) is 0 Å². The fraction of sp³-hybridized carbons (Fsp3) is 0.115. The largest absolute Gasteiger partial charge is 0.333 e. The summed E-state index contributed by atoms with van der Waals surface area (Å²) in [5, 5.41) is 2.95. The molecular weight excluding hydrogens is 417 g/mol. The monoisotopic (exact) mass is 439 g/mol. The lowest BCUT2D eigenvalue weighted by molar-refractivity contribution is 0.102. The molecule has 0 aliphatic rings. The highest BCUT2D eigenvalue weighted by Crippen LogP contribution is 2.23. The molecule has 33 heavy (non-hydrogen) atoms. The van der Waals surface area contributed by atoms with Crippen LogP contribution in [0.4, 0.5) is 10.1 Å². The second-order valence-corrected chi connectivity index (χ2v) is 8.01. The minimum atomic E-state index is -0.299. The van der Waals surface area contributed by atoms with E-state index >= 15 is 0 Å². The Hall–Kier alpha value is -4.26. The smallest absolute Gasteiger partial charge is 0.255 e. The van der Waals surface area contributed by atoms with Crippen molar-refractivity contribution in [2.24, 2.45) is 0 Å². The van der Waals surface area contributed by atoms with Gasteiger partial charge < -0.3 is 9.88 Å². The molecule has 0 unspecified atom stereocenters. The van der Waals surface area contributed by atoms with Gasteiger partial charge in [-0.25, -0.2) is 14.4 Å². The Kier molecular flexibility index (Phi) is 5.22. The number of rotatable bonds is 5. The lowest BCUT2D eigenvalue weighted by Gasteiger charge is -2.09. The summed E-state index contributed by atoms with van der Waals surface area (Å²) in [6, 6.07) is 19.4. The number of hydrogen-bond acceptors (Lipinski definition) is 3. The molecule has 2 aromatic heterocycles. The van der Waals surface area contributed by atoms with Crippen molar-refractivity contribution in [3.63, 3.8) is 0 Å². The van der Waals surface area contributed by atoms with E-state index in [0.29, 0.717) is 11.3 Å². The number of aromatic nitrogens is 4. The minimum absolute atomic E-state index is 0.209. The zero-order valence-corrected chi connectivity index (χ0v) is 18.3. The van der Waals surface area contributed by atoms with Gasteiger partial charge in [0.15, 0.2) is 0 Å². The van der Waals surface area contributed by atoms with E-state index in [9.17, 15) is 9.18 Å².